The van der Waals surface area contributed by atoms with E-state index in [1.165, 1.54) is 0 Å². The Morgan fingerprint density at radius 2 is 2.03 bits per heavy atom. The molecule has 0 spiro atoms. The van der Waals surface area contributed by atoms with Crippen LogP contribution < -0.4 is 16.7 Å². The molecule has 9 heteroatoms. The van der Waals surface area contributed by atoms with Gasteiger partial charge in [-0.3, -0.25) is 0 Å². The number of nitrogens with zero attached hydrogens (tertiary/aromatic N) is 5. The fraction of sp³-hybridized carbons (Fsp3) is 0.333. The Labute approximate surface area is 175 Å². The van der Waals surface area contributed by atoms with E-state index in [1.807, 2.05) is 12.1 Å². The number of nitriles is 1. The molecule has 0 aliphatic heterocycles. The lowest BCUT2D eigenvalue weighted by Gasteiger charge is -2.21. The Hall–Kier alpha value is -3.48. The molecular formula is C21H26N8O. The van der Waals surface area contributed by atoms with Gasteiger partial charge in [-0.1, -0.05) is 45.0 Å². The van der Waals surface area contributed by atoms with E-state index in [-0.39, 0.29) is 17.8 Å². The SMILES string of the molecule is CC(C)(C)Cn1c(CNN/N=C(\N)c2ccc(CO)cc2)cc2cnc(C#N)nc21. The number of aliphatic hydroxyl groups is 1. The predicted molar refractivity (Wildman–Crippen MR) is 115 cm³/mol. The first kappa shape index (κ1) is 21.2. The molecule has 3 rings (SSSR count). The summed E-state index contributed by atoms with van der Waals surface area (Å²) in [7, 11) is 0. The molecule has 30 heavy (non-hydrogen) atoms. The first-order chi connectivity index (χ1) is 14.3. The number of hydrogen-bond acceptors (Lipinski definition) is 7. The molecule has 0 atom stereocenters. The molecule has 0 radical (unpaired) electrons. The zero-order chi connectivity index (χ0) is 21.7. The average molecular weight is 406 g/mol. The monoisotopic (exact) mass is 406 g/mol. The van der Waals surface area contributed by atoms with Crippen molar-refractivity contribution in [3.05, 3.63) is 59.2 Å². The van der Waals surface area contributed by atoms with Crippen LogP contribution in [0.25, 0.3) is 11.0 Å². The standard InChI is InChI=1S/C21H26N8O/c1-21(2,3)13-29-17(8-16-10-24-18(9-22)26-20(16)29)11-25-28-27-19(23)15-6-4-14(12-30)5-7-15/h4-8,10,25,28,30H,11-13H2,1-3H3,(H2,23,27). The van der Waals surface area contributed by atoms with E-state index in [9.17, 15) is 0 Å². The van der Waals surface area contributed by atoms with Crippen LogP contribution in [0.1, 0.15) is 43.4 Å². The second kappa shape index (κ2) is 8.90. The molecule has 5 N–H and O–H groups in total. The van der Waals surface area contributed by atoms with Crippen molar-refractivity contribution in [2.24, 2.45) is 16.3 Å². The number of fused-ring (bicyclic) bond motifs is 1. The lowest BCUT2D eigenvalue weighted by atomic mass is 9.97. The first-order valence-electron chi connectivity index (χ1n) is 9.57. The molecule has 3 aromatic rings. The minimum Gasteiger partial charge on any atom is -0.392 e. The maximum Gasteiger partial charge on any atom is 0.234 e. The summed E-state index contributed by atoms with van der Waals surface area (Å²) in [5, 5.41) is 23.3. The van der Waals surface area contributed by atoms with Gasteiger partial charge in [0, 0.05) is 29.4 Å². The number of hydrazone groups is 1. The summed E-state index contributed by atoms with van der Waals surface area (Å²) < 4.78 is 2.09. The van der Waals surface area contributed by atoms with Gasteiger partial charge in [0.15, 0.2) is 5.84 Å². The number of rotatable bonds is 7. The number of nitrogens with two attached hydrogens (primary N) is 1. The smallest absolute Gasteiger partial charge is 0.234 e. The number of hydrogen-bond donors (Lipinski definition) is 4. The molecule has 0 bridgehead atoms. The molecule has 0 amide bonds. The normalized spacial score (nSPS) is 12.2. The number of amidine groups is 1. The topological polar surface area (TPSA) is 137 Å². The molecule has 0 unspecified atom stereocenters. The third kappa shape index (κ3) is 5.11. The quantitative estimate of drug-likeness (QED) is 0.203. The van der Waals surface area contributed by atoms with E-state index in [0.29, 0.717) is 12.4 Å². The van der Waals surface area contributed by atoms with Crippen molar-refractivity contribution in [2.45, 2.75) is 40.5 Å². The van der Waals surface area contributed by atoms with Crippen LogP contribution in [-0.2, 0) is 19.7 Å². The molecule has 0 saturated carbocycles. The molecule has 156 valence electrons. The fourth-order valence-corrected chi connectivity index (χ4v) is 3.02. The molecule has 0 saturated heterocycles. The Kier molecular flexibility index (Phi) is 6.30. The van der Waals surface area contributed by atoms with E-state index in [2.05, 4.69) is 51.4 Å². The highest BCUT2D eigenvalue weighted by molar-refractivity contribution is 5.97. The summed E-state index contributed by atoms with van der Waals surface area (Å²) in [6.07, 6.45) is 1.67. The lowest BCUT2D eigenvalue weighted by Crippen LogP contribution is -2.31. The van der Waals surface area contributed by atoms with E-state index in [1.54, 1.807) is 30.5 Å². The van der Waals surface area contributed by atoms with E-state index in [4.69, 9.17) is 16.1 Å². The summed E-state index contributed by atoms with van der Waals surface area (Å²) in [5.74, 6) is 0.477. The highest BCUT2D eigenvalue weighted by Crippen LogP contribution is 2.24. The van der Waals surface area contributed by atoms with Crippen LogP contribution in [0.2, 0.25) is 0 Å². The van der Waals surface area contributed by atoms with Crippen molar-refractivity contribution in [1.82, 2.24) is 25.5 Å². The second-order valence-corrected chi connectivity index (χ2v) is 8.18. The van der Waals surface area contributed by atoms with Gasteiger partial charge < -0.3 is 15.4 Å². The van der Waals surface area contributed by atoms with Crippen LogP contribution in [-0.4, -0.2) is 25.5 Å². The Balaban J connectivity index is 1.74. The third-order valence-corrected chi connectivity index (χ3v) is 4.41. The van der Waals surface area contributed by atoms with Gasteiger partial charge in [-0.25, -0.2) is 20.9 Å². The highest BCUT2D eigenvalue weighted by Gasteiger charge is 2.18. The van der Waals surface area contributed by atoms with Gasteiger partial charge in [-0.2, -0.15) is 5.26 Å². The molecule has 9 nitrogen and oxygen atoms in total. The predicted octanol–water partition coefficient (Wildman–Crippen LogP) is 1.76. The van der Waals surface area contributed by atoms with Gasteiger partial charge in [0.25, 0.3) is 0 Å². The highest BCUT2D eigenvalue weighted by atomic mass is 16.3. The van der Waals surface area contributed by atoms with Gasteiger partial charge in [-0.05, 0) is 17.0 Å². The van der Waals surface area contributed by atoms with Crippen LogP contribution in [0, 0.1) is 16.7 Å². The third-order valence-electron chi connectivity index (χ3n) is 4.41. The molecule has 2 heterocycles. The van der Waals surface area contributed by atoms with Crippen molar-refractivity contribution in [3.63, 3.8) is 0 Å². The molecule has 2 aromatic heterocycles. The lowest BCUT2D eigenvalue weighted by molar-refractivity contribution is 0.282. The Bertz CT molecular complexity index is 1090. The van der Waals surface area contributed by atoms with Crippen LogP contribution >= 0.6 is 0 Å². The summed E-state index contributed by atoms with van der Waals surface area (Å²) in [4.78, 5) is 8.45. The average Bonchev–Trinajstić information content (AvgIpc) is 3.06. The first-order valence-corrected chi connectivity index (χ1v) is 9.57. The summed E-state index contributed by atoms with van der Waals surface area (Å²) in [5.41, 5.74) is 15.1. The van der Waals surface area contributed by atoms with Gasteiger partial charge in [0.1, 0.15) is 11.7 Å². The van der Waals surface area contributed by atoms with E-state index < -0.39 is 0 Å². The van der Waals surface area contributed by atoms with Gasteiger partial charge >= 0.3 is 0 Å². The van der Waals surface area contributed by atoms with Gasteiger partial charge in [0.2, 0.25) is 5.82 Å². The van der Waals surface area contributed by atoms with Crippen molar-refractivity contribution < 1.29 is 5.11 Å². The number of aromatic nitrogens is 3. The Morgan fingerprint density at radius 3 is 2.67 bits per heavy atom. The number of hydrazine groups is 1. The van der Waals surface area contributed by atoms with Crippen molar-refractivity contribution in [1.29, 1.82) is 5.26 Å². The summed E-state index contributed by atoms with van der Waals surface area (Å²) in [6, 6.07) is 11.2. The van der Waals surface area contributed by atoms with Crippen LogP contribution in [0.5, 0.6) is 0 Å². The number of benzene rings is 1. The molecule has 0 aliphatic rings. The fourth-order valence-electron chi connectivity index (χ4n) is 3.02. The number of aliphatic hydroxyl groups excluding tert-OH is 1. The van der Waals surface area contributed by atoms with Crippen LogP contribution in [0.15, 0.2) is 41.6 Å². The summed E-state index contributed by atoms with van der Waals surface area (Å²) in [6.45, 7) is 7.63. The molecule has 1 aromatic carbocycles. The van der Waals surface area contributed by atoms with Crippen molar-refractivity contribution in [3.8, 4) is 6.07 Å². The van der Waals surface area contributed by atoms with E-state index in [0.717, 1.165) is 34.4 Å². The van der Waals surface area contributed by atoms with Crippen LogP contribution in [0.4, 0.5) is 0 Å². The van der Waals surface area contributed by atoms with Gasteiger partial charge in [0.05, 0.1) is 13.2 Å². The van der Waals surface area contributed by atoms with E-state index >= 15 is 0 Å². The second-order valence-electron chi connectivity index (χ2n) is 8.18. The maximum absolute atomic E-state index is 9.13. The molecular weight excluding hydrogens is 380 g/mol. The Morgan fingerprint density at radius 1 is 1.30 bits per heavy atom. The maximum atomic E-state index is 9.13. The van der Waals surface area contributed by atoms with Crippen molar-refractivity contribution in [2.75, 3.05) is 0 Å². The minimum absolute atomic E-state index is 0.0140. The summed E-state index contributed by atoms with van der Waals surface area (Å²) >= 11 is 0. The minimum atomic E-state index is -0.0140. The molecule has 0 fully saturated rings. The van der Waals surface area contributed by atoms with Crippen molar-refractivity contribution >= 4 is 16.9 Å². The number of nitrogens with one attached hydrogen (secondary N) is 2. The molecule has 0 aliphatic carbocycles. The zero-order valence-corrected chi connectivity index (χ0v) is 17.3. The zero-order valence-electron chi connectivity index (χ0n) is 17.3. The van der Waals surface area contributed by atoms with Gasteiger partial charge in [-0.15, -0.1) is 5.10 Å². The van der Waals surface area contributed by atoms with Crippen LogP contribution in [0.3, 0.4) is 0 Å². The largest absolute Gasteiger partial charge is 0.392 e.